The van der Waals surface area contributed by atoms with Gasteiger partial charge in [0.1, 0.15) is 5.75 Å². The van der Waals surface area contributed by atoms with Crippen LogP contribution in [0.15, 0.2) is 59.5 Å². The predicted molar refractivity (Wildman–Crippen MR) is 95.5 cm³/mol. The Morgan fingerprint density at radius 3 is 2.22 bits per heavy atom. The molecule has 0 saturated carbocycles. The molecule has 0 aliphatic heterocycles. The Hall–Kier alpha value is -1.50. The van der Waals surface area contributed by atoms with E-state index >= 15 is 0 Å². The quantitative estimate of drug-likeness (QED) is 0.779. The van der Waals surface area contributed by atoms with Gasteiger partial charge in [0.15, 0.2) is 0 Å². The molecule has 0 amide bonds. The lowest BCUT2D eigenvalue weighted by molar-refractivity contribution is 0.352. The zero-order valence-electron chi connectivity index (χ0n) is 13.2. The molecule has 0 aliphatic carbocycles. The minimum absolute atomic E-state index is 0.217. The Bertz CT molecular complexity index is 715. The molecule has 0 unspecified atom stereocenters. The van der Waals surface area contributed by atoms with Crippen LogP contribution in [0, 0.1) is 0 Å². The third-order valence-corrected chi connectivity index (χ3v) is 6.11. The summed E-state index contributed by atoms with van der Waals surface area (Å²) in [6, 6.07) is 15.8. The van der Waals surface area contributed by atoms with Crippen LogP contribution in [0.4, 0.5) is 0 Å². The van der Waals surface area contributed by atoms with Gasteiger partial charge < -0.3 is 4.74 Å². The van der Waals surface area contributed by atoms with Crippen molar-refractivity contribution in [2.75, 3.05) is 12.9 Å². The van der Waals surface area contributed by atoms with Gasteiger partial charge in [-0.2, -0.15) is 16.9 Å². The molecular formula is C17H21NO3S2. The monoisotopic (exact) mass is 351 g/mol. The Kier molecular flexibility index (Phi) is 6.10. The van der Waals surface area contributed by atoms with Crippen molar-refractivity contribution in [1.29, 1.82) is 0 Å². The first-order valence-electron chi connectivity index (χ1n) is 7.29. The molecule has 0 aromatic heterocycles. The van der Waals surface area contributed by atoms with Crippen LogP contribution in [-0.4, -0.2) is 31.6 Å². The van der Waals surface area contributed by atoms with E-state index in [0.717, 1.165) is 5.56 Å². The topological polar surface area (TPSA) is 46.6 Å². The van der Waals surface area contributed by atoms with Gasteiger partial charge in [-0.05, 0) is 36.8 Å². The minimum Gasteiger partial charge on any atom is -0.497 e. The van der Waals surface area contributed by atoms with Gasteiger partial charge in [0, 0.05) is 18.3 Å². The van der Waals surface area contributed by atoms with Crippen molar-refractivity contribution in [3.63, 3.8) is 0 Å². The normalized spacial score (nSPS) is 13.0. The van der Waals surface area contributed by atoms with Gasteiger partial charge in [0.25, 0.3) is 0 Å². The van der Waals surface area contributed by atoms with Crippen LogP contribution in [-0.2, 0) is 16.6 Å². The number of ether oxygens (including phenoxy) is 1. The summed E-state index contributed by atoms with van der Waals surface area (Å²) in [4.78, 5) is 0.253. The molecule has 23 heavy (non-hydrogen) atoms. The second-order valence-electron chi connectivity index (χ2n) is 5.24. The van der Waals surface area contributed by atoms with Crippen molar-refractivity contribution in [1.82, 2.24) is 4.31 Å². The first-order valence-corrected chi connectivity index (χ1v) is 9.37. The van der Waals surface area contributed by atoms with E-state index in [4.69, 9.17) is 4.74 Å². The largest absolute Gasteiger partial charge is 0.497 e. The third kappa shape index (κ3) is 4.28. The number of hydrogen-bond donors (Lipinski definition) is 1. The molecule has 0 heterocycles. The van der Waals surface area contributed by atoms with E-state index in [-0.39, 0.29) is 10.9 Å². The van der Waals surface area contributed by atoms with Gasteiger partial charge in [0.05, 0.1) is 12.0 Å². The molecule has 1 atom stereocenters. The van der Waals surface area contributed by atoms with Crippen molar-refractivity contribution in [3.8, 4) is 5.75 Å². The van der Waals surface area contributed by atoms with E-state index < -0.39 is 10.0 Å². The highest BCUT2D eigenvalue weighted by atomic mass is 32.2. The maximum Gasteiger partial charge on any atom is 0.243 e. The molecular weight excluding hydrogens is 330 g/mol. The average Bonchev–Trinajstić information content (AvgIpc) is 2.59. The Morgan fingerprint density at radius 1 is 1.09 bits per heavy atom. The van der Waals surface area contributed by atoms with Gasteiger partial charge in [0.2, 0.25) is 10.0 Å². The van der Waals surface area contributed by atoms with Gasteiger partial charge in [-0.1, -0.05) is 30.3 Å². The van der Waals surface area contributed by atoms with Crippen molar-refractivity contribution in [3.05, 3.63) is 60.2 Å². The molecule has 0 radical (unpaired) electrons. The van der Waals surface area contributed by atoms with Gasteiger partial charge in [-0.15, -0.1) is 0 Å². The van der Waals surface area contributed by atoms with Gasteiger partial charge in [-0.3, -0.25) is 0 Å². The molecule has 0 saturated heterocycles. The molecule has 0 N–H and O–H groups in total. The summed E-state index contributed by atoms with van der Waals surface area (Å²) in [6.45, 7) is 2.17. The molecule has 4 nitrogen and oxygen atoms in total. The minimum atomic E-state index is -3.61. The molecule has 0 fully saturated rings. The van der Waals surface area contributed by atoms with E-state index in [2.05, 4.69) is 12.6 Å². The third-order valence-electron chi connectivity index (χ3n) is 3.60. The number of nitrogens with zero attached hydrogens (tertiary/aromatic N) is 1. The molecule has 2 aromatic rings. The highest BCUT2D eigenvalue weighted by Crippen LogP contribution is 2.23. The molecule has 6 heteroatoms. The van der Waals surface area contributed by atoms with Crippen LogP contribution >= 0.6 is 12.6 Å². The lowest BCUT2D eigenvalue weighted by Gasteiger charge is -2.27. The summed E-state index contributed by atoms with van der Waals surface area (Å²) in [7, 11) is -2.06. The zero-order chi connectivity index (χ0) is 16.9. The number of sulfonamides is 1. The maximum absolute atomic E-state index is 13.0. The number of rotatable bonds is 7. The Labute approximate surface area is 143 Å². The fourth-order valence-corrected chi connectivity index (χ4v) is 4.14. The molecule has 124 valence electrons. The number of hydrogen-bond acceptors (Lipinski definition) is 4. The van der Waals surface area contributed by atoms with Crippen LogP contribution < -0.4 is 4.74 Å². The number of thiol groups is 1. The second-order valence-corrected chi connectivity index (χ2v) is 7.50. The van der Waals surface area contributed by atoms with Crippen molar-refractivity contribution in [2.24, 2.45) is 0 Å². The molecule has 0 bridgehead atoms. The molecule has 0 spiro atoms. The van der Waals surface area contributed by atoms with Crippen LogP contribution in [0.3, 0.4) is 0 Å². The van der Waals surface area contributed by atoms with Gasteiger partial charge >= 0.3 is 0 Å². The summed E-state index contributed by atoms with van der Waals surface area (Å²) in [5.74, 6) is 1.07. The lowest BCUT2D eigenvalue weighted by atomic mass is 10.2. The highest BCUT2D eigenvalue weighted by Gasteiger charge is 2.28. The number of methoxy groups -OCH3 is 1. The van der Waals surface area contributed by atoms with E-state index in [1.807, 2.05) is 37.3 Å². The summed E-state index contributed by atoms with van der Waals surface area (Å²) in [5, 5.41) is 0. The van der Waals surface area contributed by atoms with Crippen molar-refractivity contribution < 1.29 is 13.2 Å². The Balaban J connectivity index is 2.36. The molecule has 0 aliphatic rings. The molecule has 2 aromatic carbocycles. The molecule has 2 rings (SSSR count). The lowest BCUT2D eigenvalue weighted by Crippen LogP contribution is -2.39. The second kappa shape index (κ2) is 7.86. The van der Waals surface area contributed by atoms with E-state index in [1.165, 1.54) is 4.31 Å². The maximum atomic E-state index is 13.0. The first kappa shape index (κ1) is 17.8. The van der Waals surface area contributed by atoms with Crippen LogP contribution in [0.5, 0.6) is 5.75 Å². The van der Waals surface area contributed by atoms with E-state index in [0.29, 0.717) is 18.0 Å². The summed E-state index contributed by atoms with van der Waals surface area (Å²) < 4.78 is 32.5. The standard InChI is InChI=1S/C17H21NO3S2/c1-14(13-22)18(12-15-6-4-3-5-7-15)23(19,20)17-10-8-16(21-2)9-11-17/h3-11,14,22H,12-13H2,1-2H3/t14-/m1/s1. The number of benzene rings is 2. The predicted octanol–water partition coefficient (Wildman–Crippen LogP) is 3.20. The SMILES string of the molecule is COc1ccc(S(=O)(=O)N(Cc2ccccc2)[C@H](C)CS)cc1. The zero-order valence-corrected chi connectivity index (χ0v) is 14.9. The fourth-order valence-electron chi connectivity index (χ4n) is 2.22. The summed E-state index contributed by atoms with van der Waals surface area (Å²) in [6.07, 6.45) is 0. The van der Waals surface area contributed by atoms with Crippen LogP contribution in [0.1, 0.15) is 12.5 Å². The highest BCUT2D eigenvalue weighted by molar-refractivity contribution is 7.89. The van der Waals surface area contributed by atoms with Crippen molar-refractivity contribution >= 4 is 22.7 Å². The first-order chi connectivity index (χ1) is 11.0. The van der Waals surface area contributed by atoms with Crippen molar-refractivity contribution in [2.45, 2.75) is 24.4 Å². The fraction of sp³-hybridized carbons (Fsp3) is 0.294. The van der Waals surface area contributed by atoms with Gasteiger partial charge in [-0.25, -0.2) is 8.42 Å². The van der Waals surface area contributed by atoms with Crippen LogP contribution in [0.25, 0.3) is 0 Å². The Morgan fingerprint density at radius 2 is 1.70 bits per heavy atom. The average molecular weight is 351 g/mol. The summed E-state index contributed by atoms with van der Waals surface area (Å²) in [5.41, 5.74) is 0.943. The summed E-state index contributed by atoms with van der Waals surface area (Å²) >= 11 is 4.27. The van der Waals surface area contributed by atoms with E-state index in [9.17, 15) is 8.42 Å². The van der Waals surface area contributed by atoms with E-state index in [1.54, 1.807) is 31.4 Å². The smallest absolute Gasteiger partial charge is 0.243 e. The van der Waals surface area contributed by atoms with Crippen LogP contribution in [0.2, 0.25) is 0 Å².